The fourth-order valence-electron chi connectivity index (χ4n) is 1.71. The molecule has 0 unspecified atom stereocenters. The maximum atomic E-state index is 9.68. The van der Waals surface area contributed by atoms with Crippen molar-refractivity contribution in [3.05, 3.63) is 29.8 Å². The van der Waals surface area contributed by atoms with Crippen LogP contribution in [0.1, 0.15) is 5.56 Å². The Kier molecular flexibility index (Phi) is 3.63. The molecular weight excluding hydrogens is 224 g/mol. The van der Waals surface area contributed by atoms with Gasteiger partial charge in [0.05, 0.1) is 6.61 Å². The van der Waals surface area contributed by atoms with Gasteiger partial charge in [-0.2, -0.15) is 0 Å². The lowest BCUT2D eigenvalue weighted by Gasteiger charge is -2.34. The highest BCUT2D eigenvalue weighted by Crippen LogP contribution is 2.21. The molecule has 0 aliphatic carbocycles. The quantitative estimate of drug-likeness (QED) is 0.668. The van der Waals surface area contributed by atoms with E-state index in [-0.39, 0.29) is 6.61 Å². The largest absolute Gasteiger partial charge is 0.462 e. The molecule has 17 heavy (non-hydrogen) atoms. The standard InChI is InChI=1S/C12H16O5/c1-7-3-2-4-8(5-7)17-12-11(15)10(14)9(13)6-16-12/h2-5,9-15H,6H2,1H3/t9-,10-,11+,12-/m0/s1. The Bertz CT molecular complexity index is 381. The van der Waals surface area contributed by atoms with Crippen molar-refractivity contribution in [3.63, 3.8) is 0 Å². The van der Waals surface area contributed by atoms with Crippen LogP contribution in [0.4, 0.5) is 0 Å². The number of ether oxygens (including phenoxy) is 2. The van der Waals surface area contributed by atoms with Crippen molar-refractivity contribution >= 4 is 0 Å². The van der Waals surface area contributed by atoms with Crippen molar-refractivity contribution in [2.45, 2.75) is 31.5 Å². The summed E-state index contributed by atoms with van der Waals surface area (Å²) < 4.78 is 10.6. The minimum Gasteiger partial charge on any atom is -0.462 e. The zero-order chi connectivity index (χ0) is 12.4. The van der Waals surface area contributed by atoms with Crippen LogP contribution in [0, 0.1) is 6.92 Å². The Labute approximate surface area is 99.2 Å². The van der Waals surface area contributed by atoms with E-state index in [4.69, 9.17) is 9.47 Å². The first kappa shape index (κ1) is 12.3. The second-order valence-electron chi connectivity index (χ2n) is 4.18. The molecule has 0 radical (unpaired) electrons. The number of aliphatic hydroxyl groups is 3. The molecule has 0 bridgehead atoms. The lowest BCUT2D eigenvalue weighted by Crippen LogP contribution is -2.54. The van der Waals surface area contributed by atoms with Gasteiger partial charge in [0, 0.05) is 0 Å². The van der Waals surface area contributed by atoms with Crippen LogP contribution in [0.25, 0.3) is 0 Å². The smallest absolute Gasteiger partial charge is 0.228 e. The molecule has 2 rings (SSSR count). The van der Waals surface area contributed by atoms with Crippen LogP contribution in [0.5, 0.6) is 5.75 Å². The maximum Gasteiger partial charge on any atom is 0.228 e. The Balaban J connectivity index is 2.04. The number of benzene rings is 1. The molecule has 3 N–H and O–H groups in total. The molecule has 1 fully saturated rings. The average molecular weight is 240 g/mol. The van der Waals surface area contributed by atoms with E-state index in [2.05, 4.69) is 0 Å². The molecule has 1 saturated heterocycles. The summed E-state index contributed by atoms with van der Waals surface area (Å²) in [6.07, 6.45) is -4.56. The van der Waals surface area contributed by atoms with Crippen LogP contribution < -0.4 is 4.74 Å². The summed E-state index contributed by atoms with van der Waals surface area (Å²) in [7, 11) is 0. The minimum absolute atomic E-state index is 0.0608. The van der Waals surface area contributed by atoms with Gasteiger partial charge in [0.2, 0.25) is 6.29 Å². The van der Waals surface area contributed by atoms with Gasteiger partial charge in [0.25, 0.3) is 0 Å². The van der Waals surface area contributed by atoms with Crippen molar-refractivity contribution in [1.82, 2.24) is 0 Å². The molecule has 1 heterocycles. The van der Waals surface area contributed by atoms with Gasteiger partial charge in [-0.25, -0.2) is 0 Å². The highest BCUT2D eigenvalue weighted by molar-refractivity contribution is 5.27. The van der Waals surface area contributed by atoms with E-state index in [0.717, 1.165) is 5.56 Å². The van der Waals surface area contributed by atoms with Gasteiger partial charge < -0.3 is 24.8 Å². The molecule has 1 aromatic carbocycles. The average Bonchev–Trinajstić information content (AvgIpc) is 2.30. The monoisotopic (exact) mass is 240 g/mol. The van der Waals surface area contributed by atoms with Gasteiger partial charge in [-0.15, -0.1) is 0 Å². The highest BCUT2D eigenvalue weighted by Gasteiger charge is 2.38. The molecule has 94 valence electrons. The molecule has 1 aliphatic rings. The van der Waals surface area contributed by atoms with Gasteiger partial charge in [0.1, 0.15) is 24.1 Å². The van der Waals surface area contributed by atoms with Crippen molar-refractivity contribution in [1.29, 1.82) is 0 Å². The molecule has 0 saturated carbocycles. The fraction of sp³-hybridized carbons (Fsp3) is 0.500. The summed E-state index contributed by atoms with van der Waals surface area (Å²) in [5.41, 5.74) is 1.02. The lowest BCUT2D eigenvalue weighted by atomic mass is 10.1. The summed E-state index contributed by atoms with van der Waals surface area (Å²) in [6.45, 7) is 1.86. The van der Waals surface area contributed by atoms with Crippen LogP contribution in [0.2, 0.25) is 0 Å². The second-order valence-corrected chi connectivity index (χ2v) is 4.18. The predicted octanol–water partition coefficient (Wildman–Crippen LogP) is -0.187. The van der Waals surface area contributed by atoms with Crippen molar-refractivity contribution in [2.24, 2.45) is 0 Å². The highest BCUT2D eigenvalue weighted by atomic mass is 16.7. The van der Waals surface area contributed by atoms with Crippen LogP contribution in [-0.2, 0) is 4.74 Å². The topological polar surface area (TPSA) is 79.2 Å². The lowest BCUT2D eigenvalue weighted by molar-refractivity contribution is -0.242. The van der Waals surface area contributed by atoms with Crippen molar-refractivity contribution in [3.8, 4) is 5.75 Å². The SMILES string of the molecule is Cc1cccc(O[C@@H]2OC[C@H](O)[C@H](O)[C@H]2O)c1. The third-order valence-electron chi connectivity index (χ3n) is 2.70. The first-order valence-electron chi connectivity index (χ1n) is 5.47. The van der Waals surface area contributed by atoms with E-state index in [1.807, 2.05) is 19.1 Å². The summed E-state index contributed by atoms with van der Waals surface area (Å²) in [6, 6.07) is 7.28. The van der Waals surface area contributed by atoms with E-state index in [1.54, 1.807) is 12.1 Å². The first-order chi connectivity index (χ1) is 8.08. The normalized spacial score (nSPS) is 33.4. The number of hydrogen-bond donors (Lipinski definition) is 3. The van der Waals surface area contributed by atoms with E-state index in [0.29, 0.717) is 5.75 Å². The van der Waals surface area contributed by atoms with Crippen LogP contribution >= 0.6 is 0 Å². The summed E-state index contributed by atoms with van der Waals surface area (Å²) in [5.74, 6) is 0.553. The van der Waals surface area contributed by atoms with Crippen LogP contribution in [0.15, 0.2) is 24.3 Å². The van der Waals surface area contributed by atoms with E-state index >= 15 is 0 Å². The number of aryl methyl sites for hydroxylation is 1. The van der Waals surface area contributed by atoms with E-state index in [1.165, 1.54) is 0 Å². The molecule has 5 heteroatoms. The molecule has 0 amide bonds. The van der Waals surface area contributed by atoms with Crippen molar-refractivity contribution in [2.75, 3.05) is 6.61 Å². The van der Waals surface area contributed by atoms with Gasteiger partial charge in [0.15, 0.2) is 0 Å². The summed E-state index contributed by atoms with van der Waals surface area (Å²) >= 11 is 0. The Morgan fingerprint density at radius 2 is 2.00 bits per heavy atom. The number of rotatable bonds is 2. The van der Waals surface area contributed by atoms with Gasteiger partial charge in [-0.1, -0.05) is 12.1 Å². The maximum absolute atomic E-state index is 9.68. The van der Waals surface area contributed by atoms with E-state index < -0.39 is 24.6 Å². The Morgan fingerprint density at radius 3 is 2.71 bits per heavy atom. The Morgan fingerprint density at radius 1 is 1.24 bits per heavy atom. The van der Waals surface area contributed by atoms with Crippen LogP contribution in [0.3, 0.4) is 0 Å². The van der Waals surface area contributed by atoms with E-state index in [9.17, 15) is 15.3 Å². The molecular formula is C12H16O5. The Hall–Kier alpha value is -1.14. The molecule has 4 atom stereocenters. The summed E-state index contributed by atoms with van der Waals surface area (Å²) in [5, 5.41) is 28.5. The number of hydrogen-bond acceptors (Lipinski definition) is 5. The molecule has 0 aromatic heterocycles. The molecule has 1 aromatic rings. The van der Waals surface area contributed by atoms with Gasteiger partial charge in [-0.3, -0.25) is 0 Å². The predicted molar refractivity (Wildman–Crippen MR) is 59.6 cm³/mol. The molecule has 5 nitrogen and oxygen atoms in total. The second kappa shape index (κ2) is 5.01. The molecule has 0 spiro atoms. The minimum atomic E-state index is -1.26. The third kappa shape index (κ3) is 2.76. The van der Waals surface area contributed by atoms with Gasteiger partial charge >= 0.3 is 0 Å². The van der Waals surface area contributed by atoms with Crippen molar-refractivity contribution < 1.29 is 24.8 Å². The third-order valence-corrected chi connectivity index (χ3v) is 2.70. The van der Waals surface area contributed by atoms with Crippen LogP contribution in [-0.4, -0.2) is 46.5 Å². The van der Waals surface area contributed by atoms with Gasteiger partial charge in [-0.05, 0) is 24.6 Å². The number of aliphatic hydroxyl groups excluding tert-OH is 3. The zero-order valence-corrected chi connectivity index (χ0v) is 9.48. The molecule has 1 aliphatic heterocycles. The summed E-state index contributed by atoms with van der Waals surface area (Å²) in [4.78, 5) is 0. The fourth-order valence-corrected chi connectivity index (χ4v) is 1.71. The first-order valence-corrected chi connectivity index (χ1v) is 5.47. The zero-order valence-electron chi connectivity index (χ0n) is 9.48.